The molecule has 0 aromatic heterocycles. The van der Waals surface area contributed by atoms with Gasteiger partial charge >= 0.3 is 5.97 Å². The van der Waals surface area contributed by atoms with Crippen molar-refractivity contribution in [2.24, 2.45) is 0 Å². The highest BCUT2D eigenvalue weighted by Gasteiger charge is 2.32. The van der Waals surface area contributed by atoms with Gasteiger partial charge in [-0.05, 0) is 41.7 Å². The maximum atomic E-state index is 12.3. The molecule has 45 heavy (non-hydrogen) atoms. The summed E-state index contributed by atoms with van der Waals surface area (Å²) in [4.78, 5) is 35.7. The van der Waals surface area contributed by atoms with Crippen molar-refractivity contribution >= 4 is 29.5 Å². The number of hydrogen-bond acceptors (Lipinski definition) is 8. The number of carbonyl (C=O) groups excluding carboxylic acids is 2. The number of hydrogen-bond donors (Lipinski definition) is 5. The minimum atomic E-state index is -0.969. The van der Waals surface area contributed by atoms with Crippen molar-refractivity contribution in [3.63, 3.8) is 0 Å². The van der Waals surface area contributed by atoms with Crippen molar-refractivity contribution in [3.8, 4) is 0 Å². The van der Waals surface area contributed by atoms with Crippen LogP contribution in [0.25, 0.3) is 0 Å². The number of nitrogens with one attached hydrogen (secondary N) is 2. The number of ether oxygens (including phenoxy) is 2. The summed E-state index contributed by atoms with van der Waals surface area (Å²) in [7, 11) is 0. The Morgan fingerprint density at radius 1 is 0.800 bits per heavy atom. The number of aliphatic hydroxyl groups is 1. The van der Waals surface area contributed by atoms with E-state index in [4.69, 9.17) is 14.7 Å². The molecule has 0 spiro atoms. The van der Waals surface area contributed by atoms with Crippen molar-refractivity contribution in [2.45, 2.75) is 81.5 Å². The zero-order valence-corrected chi connectivity index (χ0v) is 25.8. The van der Waals surface area contributed by atoms with E-state index in [1.54, 1.807) is 23.7 Å². The van der Waals surface area contributed by atoms with Gasteiger partial charge in [0.05, 0.1) is 24.4 Å². The number of rotatable bonds is 16. The Labute approximate surface area is 267 Å². The van der Waals surface area contributed by atoms with Crippen LogP contribution in [0.2, 0.25) is 0 Å². The zero-order valence-electron chi connectivity index (χ0n) is 25.0. The summed E-state index contributed by atoms with van der Waals surface area (Å²) in [5, 5.41) is 30.5. The van der Waals surface area contributed by atoms with E-state index >= 15 is 0 Å². The molecule has 2 amide bonds. The number of benzene rings is 3. The van der Waals surface area contributed by atoms with Crippen LogP contribution in [0.1, 0.15) is 90.0 Å². The number of carboxylic acids is 1. The van der Waals surface area contributed by atoms with Gasteiger partial charge in [0, 0.05) is 42.0 Å². The number of aromatic carboxylic acids is 1. The van der Waals surface area contributed by atoms with Gasteiger partial charge in [0.25, 0.3) is 0 Å². The van der Waals surface area contributed by atoms with Crippen molar-refractivity contribution in [2.75, 3.05) is 5.75 Å². The van der Waals surface area contributed by atoms with Crippen molar-refractivity contribution in [1.29, 1.82) is 0 Å². The lowest BCUT2D eigenvalue weighted by molar-refractivity contribution is -0.245. The van der Waals surface area contributed by atoms with Gasteiger partial charge < -0.3 is 25.0 Å². The highest BCUT2D eigenvalue weighted by molar-refractivity contribution is 7.99. The Morgan fingerprint density at radius 3 is 2.11 bits per heavy atom. The first kappa shape index (κ1) is 34.1. The van der Waals surface area contributed by atoms with E-state index in [9.17, 15) is 24.6 Å². The molecule has 0 aliphatic carbocycles. The van der Waals surface area contributed by atoms with Crippen molar-refractivity contribution in [3.05, 3.63) is 101 Å². The molecule has 3 atom stereocenters. The molecule has 240 valence electrons. The van der Waals surface area contributed by atoms with E-state index in [0.717, 1.165) is 41.5 Å². The highest BCUT2D eigenvalue weighted by Crippen LogP contribution is 2.39. The van der Waals surface area contributed by atoms with Gasteiger partial charge in [0.2, 0.25) is 11.8 Å². The third kappa shape index (κ3) is 10.7. The first-order valence-electron chi connectivity index (χ1n) is 15.1. The van der Waals surface area contributed by atoms with Gasteiger partial charge in [-0.3, -0.25) is 14.8 Å². The van der Waals surface area contributed by atoms with E-state index in [1.807, 2.05) is 54.6 Å². The molecule has 1 heterocycles. The van der Waals surface area contributed by atoms with Gasteiger partial charge in [-0.15, -0.1) is 11.8 Å². The zero-order chi connectivity index (χ0) is 32.0. The van der Waals surface area contributed by atoms with Gasteiger partial charge in [-0.2, -0.15) is 0 Å². The Kier molecular flexibility index (Phi) is 13.4. The lowest BCUT2D eigenvalue weighted by Crippen LogP contribution is -2.31. The second kappa shape index (κ2) is 17.7. The minimum absolute atomic E-state index is 0.0361. The molecule has 5 N–H and O–H groups in total. The van der Waals surface area contributed by atoms with Crippen LogP contribution in [0.3, 0.4) is 0 Å². The van der Waals surface area contributed by atoms with Gasteiger partial charge in [0.1, 0.15) is 0 Å². The third-order valence-corrected chi connectivity index (χ3v) is 8.79. The molecule has 0 radical (unpaired) electrons. The summed E-state index contributed by atoms with van der Waals surface area (Å²) < 4.78 is 12.8. The number of unbranched alkanes of at least 4 members (excludes halogenated alkanes) is 3. The molecule has 4 rings (SSSR count). The number of hydroxylamine groups is 1. The maximum Gasteiger partial charge on any atom is 0.336 e. The fourth-order valence-corrected chi connectivity index (χ4v) is 6.10. The molecule has 1 aliphatic rings. The molecule has 3 aromatic rings. The molecule has 0 saturated carbocycles. The predicted molar refractivity (Wildman–Crippen MR) is 168 cm³/mol. The van der Waals surface area contributed by atoms with E-state index in [-0.39, 0.29) is 36.7 Å². The molecule has 10 nitrogen and oxygen atoms in total. The molecular weight excluding hydrogens is 596 g/mol. The molecular formula is C34H40N2O8S. The summed E-state index contributed by atoms with van der Waals surface area (Å²) in [6.45, 7) is 0.351. The largest absolute Gasteiger partial charge is 0.478 e. The van der Waals surface area contributed by atoms with Crippen molar-refractivity contribution in [1.82, 2.24) is 10.8 Å². The molecule has 11 heteroatoms. The Balaban J connectivity index is 1.34. The van der Waals surface area contributed by atoms with E-state index in [2.05, 4.69) is 5.32 Å². The number of carbonyl (C=O) groups is 3. The van der Waals surface area contributed by atoms with Crippen LogP contribution in [0.5, 0.6) is 0 Å². The van der Waals surface area contributed by atoms with Crippen LogP contribution in [-0.4, -0.2) is 45.1 Å². The maximum absolute atomic E-state index is 12.3. The van der Waals surface area contributed by atoms with Gasteiger partial charge in [0.15, 0.2) is 6.29 Å². The number of aliphatic hydroxyl groups excluding tert-OH is 1. The van der Waals surface area contributed by atoms with Crippen LogP contribution in [0.4, 0.5) is 0 Å². The fraction of sp³-hybridized carbons (Fsp3) is 0.382. The molecule has 1 fully saturated rings. The van der Waals surface area contributed by atoms with Crippen LogP contribution in [0.15, 0.2) is 77.7 Å². The summed E-state index contributed by atoms with van der Waals surface area (Å²) >= 11 is 1.45. The summed E-state index contributed by atoms with van der Waals surface area (Å²) in [6.07, 6.45) is 3.19. The standard InChI is InChI=1S/C34H40N2O8S/c37-21-24-13-15-25(16-14-24)29-19-27(22-45-30-8-6-5-7-28(30)33(40)41)43-34(44-29)26-17-11-23(12-18-26)20-35-31(38)9-3-1-2-4-10-32(39)36-42/h5-8,11-18,27,29,34,37,42H,1-4,9-10,19-22H2,(H,35,38)(H,36,39)(H,40,41)/t27-,29+,34+/m1/s1. The second-order valence-electron chi connectivity index (χ2n) is 10.9. The second-order valence-corrected chi connectivity index (χ2v) is 12.0. The van der Waals surface area contributed by atoms with E-state index in [0.29, 0.717) is 36.5 Å². The summed E-state index contributed by atoms with van der Waals surface area (Å²) in [5.74, 6) is -0.862. The monoisotopic (exact) mass is 636 g/mol. The topological polar surface area (TPSA) is 154 Å². The lowest BCUT2D eigenvalue weighted by atomic mass is 10.0. The average molecular weight is 637 g/mol. The molecule has 1 saturated heterocycles. The molecule has 0 unspecified atom stereocenters. The van der Waals surface area contributed by atoms with Crippen molar-refractivity contribution < 1.29 is 39.3 Å². The Bertz CT molecular complexity index is 1400. The van der Waals surface area contributed by atoms with Crippen LogP contribution >= 0.6 is 11.8 Å². The van der Waals surface area contributed by atoms with Crippen LogP contribution in [0, 0.1) is 0 Å². The molecule has 1 aliphatic heterocycles. The number of amides is 2. The van der Waals surface area contributed by atoms with E-state index in [1.165, 1.54) is 11.8 Å². The predicted octanol–water partition coefficient (Wildman–Crippen LogP) is 5.68. The third-order valence-electron chi connectivity index (χ3n) is 7.58. The first-order valence-corrected chi connectivity index (χ1v) is 16.1. The average Bonchev–Trinajstić information content (AvgIpc) is 3.08. The number of carboxylic acid groups (broad SMARTS) is 1. The van der Waals surface area contributed by atoms with Crippen LogP contribution < -0.4 is 10.8 Å². The quantitative estimate of drug-likeness (QED) is 0.0578. The normalized spacial score (nSPS) is 17.9. The van der Waals surface area contributed by atoms with Gasteiger partial charge in [-0.1, -0.05) is 73.5 Å². The summed E-state index contributed by atoms with van der Waals surface area (Å²) in [5.41, 5.74) is 5.42. The van der Waals surface area contributed by atoms with E-state index < -0.39 is 18.2 Å². The summed E-state index contributed by atoms with van der Waals surface area (Å²) in [6, 6.07) is 22.3. The Hall–Kier alpha value is -3.74. The SMILES string of the molecule is O=C(CCCCCCC(=O)NCc1ccc([C@H]2O[C@@H](CSc3ccccc3C(=O)O)C[C@@H](c3ccc(CO)cc3)O2)cc1)NO. The Morgan fingerprint density at radius 2 is 1.44 bits per heavy atom. The molecule has 3 aromatic carbocycles. The minimum Gasteiger partial charge on any atom is -0.478 e. The van der Waals surface area contributed by atoms with Gasteiger partial charge in [-0.25, -0.2) is 10.3 Å². The number of thioether (sulfide) groups is 1. The lowest BCUT2D eigenvalue weighted by Gasteiger charge is -2.36. The molecule has 0 bridgehead atoms. The smallest absolute Gasteiger partial charge is 0.336 e. The van der Waals surface area contributed by atoms with Crippen LogP contribution in [-0.2, 0) is 32.2 Å². The fourth-order valence-electron chi connectivity index (χ4n) is 5.04. The highest BCUT2D eigenvalue weighted by atomic mass is 32.2. The first-order chi connectivity index (χ1) is 21.9.